The van der Waals surface area contributed by atoms with Crippen LogP contribution in [0.1, 0.15) is 63.7 Å². The number of aryl methyl sites for hydroxylation is 2. The minimum Gasteiger partial charge on any atom is -0.357 e. The van der Waals surface area contributed by atoms with Crippen molar-refractivity contribution in [1.82, 2.24) is 25.0 Å². The van der Waals surface area contributed by atoms with Crippen molar-refractivity contribution in [2.24, 2.45) is 0 Å². The van der Waals surface area contributed by atoms with Crippen molar-refractivity contribution < 1.29 is 4.79 Å². The molecule has 0 radical (unpaired) electrons. The van der Waals surface area contributed by atoms with E-state index in [9.17, 15) is 4.79 Å². The van der Waals surface area contributed by atoms with E-state index >= 15 is 0 Å². The fourth-order valence-electron chi connectivity index (χ4n) is 4.70. The number of anilines is 1. The van der Waals surface area contributed by atoms with E-state index in [4.69, 9.17) is 10.4 Å². The summed E-state index contributed by atoms with van der Waals surface area (Å²) in [6.07, 6.45) is 7.37. The molecular formula is C23H27N7O. The number of hydrogen-bond donors (Lipinski definition) is 2. The van der Waals surface area contributed by atoms with Crippen LogP contribution in [0.25, 0.3) is 0 Å². The van der Waals surface area contributed by atoms with Gasteiger partial charge in [-0.15, -0.1) is 0 Å². The predicted octanol–water partition coefficient (Wildman–Crippen LogP) is 3.20. The number of pyridine rings is 1. The first-order valence-corrected chi connectivity index (χ1v) is 10.9. The summed E-state index contributed by atoms with van der Waals surface area (Å²) < 4.78 is 1.75. The molecule has 1 atom stereocenters. The molecule has 1 saturated heterocycles. The number of rotatable bonds is 6. The third-order valence-electron chi connectivity index (χ3n) is 6.55. The molecule has 0 saturated carbocycles. The number of H-pyrrole nitrogens is 1. The molecule has 1 unspecified atom stereocenters. The Balaban J connectivity index is 1.29. The van der Waals surface area contributed by atoms with Crippen LogP contribution in [0.3, 0.4) is 0 Å². The van der Waals surface area contributed by atoms with Crippen molar-refractivity contribution in [1.29, 1.82) is 5.41 Å². The van der Waals surface area contributed by atoms with E-state index in [1.165, 1.54) is 12.8 Å². The predicted molar refractivity (Wildman–Crippen MR) is 118 cm³/mol. The maximum atomic E-state index is 12.9. The molecule has 0 aromatic carbocycles. The van der Waals surface area contributed by atoms with E-state index in [-0.39, 0.29) is 17.4 Å². The Bertz CT molecular complexity index is 1150. The molecule has 3 aromatic rings. The van der Waals surface area contributed by atoms with E-state index in [1.807, 2.05) is 13.8 Å². The van der Waals surface area contributed by atoms with Gasteiger partial charge in [-0.05, 0) is 56.7 Å². The molecule has 3 aromatic heterocycles. The standard InChI is InChI=1S/C23H27N7O/c1-14-16(5-8-20(26-14)29-9-3-4-10-29)12-30-13-17(11-25-30)23(31)21(24)19-7-6-18-15(2)27-28-22(18)19/h5,8,11,13,19,24H,3-4,6-7,9-10,12H2,1-2H3,(H,27,28). The summed E-state index contributed by atoms with van der Waals surface area (Å²) in [5.74, 6) is 0.525. The maximum absolute atomic E-state index is 12.9. The van der Waals surface area contributed by atoms with Gasteiger partial charge in [0, 0.05) is 36.6 Å². The van der Waals surface area contributed by atoms with Gasteiger partial charge >= 0.3 is 0 Å². The first-order chi connectivity index (χ1) is 15.0. The van der Waals surface area contributed by atoms with Gasteiger partial charge in [0.15, 0.2) is 0 Å². The van der Waals surface area contributed by atoms with Gasteiger partial charge in [0.1, 0.15) is 5.82 Å². The molecule has 1 aliphatic carbocycles. The van der Waals surface area contributed by atoms with Crippen LogP contribution in [0.15, 0.2) is 24.5 Å². The summed E-state index contributed by atoms with van der Waals surface area (Å²) >= 11 is 0. The Labute approximate surface area is 181 Å². The Kier molecular flexibility index (Phi) is 4.92. The molecule has 8 heteroatoms. The summed E-state index contributed by atoms with van der Waals surface area (Å²) in [6.45, 7) is 6.69. The molecule has 0 spiro atoms. The van der Waals surface area contributed by atoms with Crippen LogP contribution in [0.5, 0.6) is 0 Å². The lowest BCUT2D eigenvalue weighted by atomic mass is 9.95. The number of aromatic nitrogens is 5. The van der Waals surface area contributed by atoms with Crippen LogP contribution in [0.2, 0.25) is 0 Å². The highest BCUT2D eigenvalue weighted by Gasteiger charge is 2.33. The molecular weight excluding hydrogens is 390 g/mol. The molecule has 1 aliphatic heterocycles. The van der Waals surface area contributed by atoms with Crippen LogP contribution in [0, 0.1) is 19.3 Å². The fraction of sp³-hybridized carbons (Fsp3) is 0.435. The molecule has 2 N–H and O–H groups in total. The lowest BCUT2D eigenvalue weighted by Gasteiger charge is -2.17. The number of carbonyl (C=O) groups is 1. The second-order valence-electron chi connectivity index (χ2n) is 8.58. The van der Waals surface area contributed by atoms with Crippen LogP contribution >= 0.6 is 0 Å². The first kappa shape index (κ1) is 19.7. The van der Waals surface area contributed by atoms with Crippen molar-refractivity contribution >= 4 is 17.3 Å². The average Bonchev–Trinajstić information content (AvgIpc) is 3.55. The highest BCUT2D eigenvalue weighted by molar-refractivity contribution is 6.46. The quantitative estimate of drug-likeness (QED) is 0.473. The van der Waals surface area contributed by atoms with E-state index < -0.39 is 0 Å². The number of nitrogens with one attached hydrogen (secondary N) is 2. The van der Waals surface area contributed by atoms with Crippen LogP contribution in [0.4, 0.5) is 5.82 Å². The number of hydrogen-bond acceptors (Lipinski definition) is 6. The second-order valence-corrected chi connectivity index (χ2v) is 8.58. The van der Waals surface area contributed by atoms with Crippen molar-refractivity contribution in [3.05, 3.63) is 58.3 Å². The third-order valence-corrected chi connectivity index (χ3v) is 6.55. The third kappa shape index (κ3) is 3.56. The molecule has 5 rings (SSSR count). The van der Waals surface area contributed by atoms with Gasteiger partial charge in [0.25, 0.3) is 0 Å². The van der Waals surface area contributed by atoms with Crippen LogP contribution in [-0.2, 0) is 13.0 Å². The van der Waals surface area contributed by atoms with Gasteiger partial charge in [-0.3, -0.25) is 14.6 Å². The van der Waals surface area contributed by atoms with E-state index in [0.717, 1.165) is 60.0 Å². The Morgan fingerprint density at radius 1 is 1.26 bits per heavy atom. The lowest BCUT2D eigenvalue weighted by Crippen LogP contribution is -2.20. The minimum atomic E-state index is -0.274. The first-order valence-electron chi connectivity index (χ1n) is 10.9. The zero-order chi connectivity index (χ0) is 21.5. The number of aromatic amines is 1. The maximum Gasteiger partial charge on any atom is 0.210 e. The molecule has 0 amide bonds. The summed E-state index contributed by atoms with van der Waals surface area (Å²) in [5.41, 5.74) is 5.63. The van der Waals surface area contributed by atoms with Gasteiger partial charge in [-0.1, -0.05) is 6.07 Å². The van der Waals surface area contributed by atoms with E-state index in [0.29, 0.717) is 12.1 Å². The van der Waals surface area contributed by atoms with Crippen molar-refractivity contribution in [2.75, 3.05) is 18.0 Å². The summed E-state index contributed by atoms with van der Waals surface area (Å²) in [7, 11) is 0. The average molecular weight is 418 g/mol. The number of carbonyl (C=O) groups excluding carboxylic acids is 1. The molecule has 160 valence electrons. The van der Waals surface area contributed by atoms with Gasteiger partial charge in [-0.25, -0.2) is 4.98 Å². The SMILES string of the molecule is Cc1nc(N2CCCC2)ccc1Cn1cc(C(=O)C(=N)C2CCc3c2n[nH]c3C)cn1. The van der Waals surface area contributed by atoms with Gasteiger partial charge < -0.3 is 10.3 Å². The summed E-state index contributed by atoms with van der Waals surface area (Å²) in [5, 5.41) is 20.2. The molecule has 1 fully saturated rings. The van der Waals surface area contributed by atoms with E-state index in [1.54, 1.807) is 17.1 Å². The van der Waals surface area contributed by atoms with Crippen molar-refractivity contribution in [3.8, 4) is 0 Å². The van der Waals surface area contributed by atoms with E-state index in [2.05, 4.69) is 32.3 Å². The van der Waals surface area contributed by atoms with Crippen molar-refractivity contribution in [2.45, 2.75) is 52.0 Å². The number of Topliss-reactive ketones (excluding diaryl/α,β-unsaturated/α-hetero) is 1. The number of nitrogens with zero attached hydrogens (tertiary/aromatic N) is 5. The highest BCUT2D eigenvalue weighted by atomic mass is 16.1. The highest BCUT2D eigenvalue weighted by Crippen LogP contribution is 2.34. The lowest BCUT2D eigenvalue weighted by molar-refractivity contribution is 0.106. The van der Waals surface area contributed by atoms with Gasteiger partial charge in [0.05, 0.1) is 29.7 Å². The van der Waals surface area contributed by atoms with Gasteiger partial charge in [0.2, 0.25) is 5.78 Å². The normalized spacial score (nSPS) is 17.9. The Morgan fingerprint density at radius 2 is 2.06 bits per heavy atom. The number of fused-ring (bicyclic) bond motifs is 1. The second kappa shape index (κ2) is 7.76. The Hall–Kier alpha value is -3.29. The number of ketones is 1. The molecule has 0 bridgehead atoms. The molecule has 31 heavy (non-hydrogen) atoms. The zero-order valence-electron chi connectivity index (χ0n) is 18.0. The van der Waals surface area contributed by atoms with Crippen molar-refractivity contribution in [3.63, 3.8) is 0 Å². The largest absolute Gasteiger partial charge is 0.357 e. The van der Waals surface area contributed by atoms with Crippen LogP contribution in [-0.4, -0.2) is 49.5 Å². The smallest absolute Gasteiger partial charge is 0.210 e. The zero-order valence-corrected chi connectivity index (χ0v) is 18.0. The minimum absolute atomic E-state index is 0.0950. The Morgan fingerprint density at radius 3 is 2.84 bits per heavy atom. The fourth-order valence-corrected chi connectivity index (χ4v) is 4.70. The van der Waals surface area contributed by atoms with Gasteiger partial charge in [-0.2, -0.15) is 10.2 Å². The summed E-state index contributed by atoms with van der Waals surface area (Å²) in [6, 6.07) is 4.17. The van der Waals surface area contributed by atoms with Crippen LogP contribution < -0.4 is 4.90 Å². The monoisotopic (exact) mass is 417 g/mol. The molecule has 2 aliphatic rings. The molecule has 4 heterocycles. The molecule has 8 nitrogen and oxygen atoms in total. The summed E-state index contributed by atoms with van der Waals surface area (Å²) in [4.78, 5) is 20.0. The topological polar surface area (TPSA) is 104 Å².